The normalized spacial score (nSPS) is 14.3. The molecule has 8 rings (SSSR count). The molecule has 2 heterocycles. The number of pyridine rings is 2. The number of nitrogens with zero attached hydrogens (tertiary/aromatic N) is 4. The number of ether oxygens (including phenoxy) is 2. The molecule has 0 unspecified atom stereocenters. The summed E-state index contributed by atoms with van der Waals surface area (Å²) in [5, 5.41) is 31.2. The van der Waals surface area contributed by atoms with Gasteiger partial charge in [-0.1, -0.05) is 96.5 Å². The minimum absolute atomic E-state index is 0.0913. The van der Waals surface area contributed by atoms with Crippen molar-refractivity contribution in [3.8, 4) is 22.5 Å². The Balaban J connectivity index is 0.000000188. The van der Waals surface area contributed by atoms with E-state index in [1.807, 2.05) is 151 Å². The molecule has 0 atom stereocenters. The van der Waals surface area contributed by atoms with Crippen molar-refractivity contribution >= 4 is 52.4 Å². The Bertz CT molecular complexity index is 2740. The van der Waals surface area contributed by atoms with Crippen molar-refractivity contribution in [1.29, 1.82) is 0 Å². The molecule has 5 N–H and O–H groups in total. The molecular weight excluding hydrogens is 900 g/mol. The molecule has 16 nitrogen and oxygen atoms in total. The van der Waals surface area contributed by atoms with Crippen LogP contribution in [0.5, 0.6) is 0 Å². The topological polar surface area (TPSA) is 227 Å². The van der Waals surface area contributed by atoms with Crippen molar-refractivity contribution in [1.82, 2.24) is 20.6 Å². The van der Waals surface area contributed by atoms with Crippen LogP contribution in [-0.2, 0) is 20.6 Å². The first-order valence-electron chi connectivity index (χ1n) is 22.5. The van der Waals surface area contributed by atoms with Crippen LogP contribution in [0.3, 0.4) is 0 Å². The molecule has 2 saturated carbocycles. The van der Waals surface area contributed by atoms with Crippen LogP contribution in [0.25, 0.3) is 22.5 Å². The molecule has 2 aromatic heterocycles. The number of nitrogens with one attached hydrogen (secondary N) is 3. The van der Waals surface area contributed by atoms with Crippen molar-refractivity contribution in [2.75, 3.05) is 11.1 Å². The first kappa shape index (κ1) is 50.8. The van der Waals surface area contributed by atoms with Crippen molar-refractivity contribution in [3.63, 3.8) is 0 Å². The number of nitro groups is 2. The largest absolute Gasteiger partial charge is 0.444 e. The van der Waals surface area contributed by atoms with E-state index in [-0.39, 0.29) is 34.0 Å². The Morgan fingerprint density at radius 1 is 0.594 bits per heavy atom. The Kier molecular flexibility index (Phi) is 15.9. The van der Waals surface area contributed by atoms with E-state index < -0.39 is 32.7 Å². The number of hydrogen-bond donors (Lipinski definition) is 4. The van der Waals surface area contributed by atoms with Gasteiger partial charge in [0.05, 0.1) is 32.3 Å². The van der Waals surface area contributed by atoms with Crippen molar-refractivity contribution < 1.29 is 28.9 Å². The van der Waals surface area contributed by atoms with Crippen LogP contribution in [0.2, 0.25) is 5.15 Å². The van der Waals surface area contributed by atoms with Crippen LogP contribution in [0.1, 0.15) is 91.2 Å². The maximum atomic E-state index is 12.4. The number of anilines is 3. The molecule has 0 saturated heterocycles. The Morgan fingerprint density at radius 3 is 1.38 bits per heavy atom. The minimum atomic E-state index is -0.571. The number of carbonyl (C=O) groups is 2. The van der Waals surface area contributed by atoms with E-state index >= 15 is 0 Å². The highest BCUT2D eigenvalue weighted by molar-refractivity contribution is 6.31. The van der Waals surface area contributed by atoms with Gasteiger partial charge in [0.15, 0.2) is 0 Å². The van der Waals surface area contributed by atoms with Crippen molar-refractivity contribution in [2.24, 2.45) is 0 Å². The third kappa shape index (κ3) is 13.8. The molecule has 0 bridgehead atoms. The summed E-state index contributed by atoms with van der Waals surface area (Å²) in [7, 11) is 0. The first-order valence-corrected chi connectivity index (χ1v) is 22.9. The number of halogens is 1. The fraction of sp³-hybridized carbons (Fsp3) is 0.308. The van der Waals surface area contributed by atoms with E-state index in [1.165, 1.54) is 12.1 Å². The van der Waals surface area contributed by atoms with Gasteiger partial charge in [0.1, 0.15) is 11.2 Å². The standard InChI is InChI=1S/C26H28N4O4.C15H22N2O2.C11H7ClN2O2/c1-25(2,3)34-24(31)29-26(16-7-17-26)19-10-12-20(13-11-19)27-23-22(30(32)33)15-14-21(28-23)18-8-5-4-6-9-18;1-14(2,3)19-13(18)17-15(9-4-10-15)11-5-7-12(16)8-6-11;12-11-10(14(15)16)7-6-9(13-11)8-4-2-1-3-5-8/h4-6,8-15H,7,16-17H2,1-3H3,(H,27,28)(H,29,31);5-8H,4,9-10,16H2,1-3H3,(H,17,18);1-7H. The average Bonchev–Trinajstić information content (AvgIpc) is 3.26. The Hall–Kier alpha value is -7.59. The van der Waals surface area contributed by atoms with Crippen molar-refractivity contribution in [2.45, 2.75) is 102 Å². The fourth-order valence-electron chi connectivity index (χ4n) is 7.64. The van der Waals surface area contributed by atoms with E-state index in [2.05, 4.69) is 25.9 Å². The molecule has 2 aliphatic carbocycles. The second-order valence-corrected chi connectivity index (χ2v) is 19.1. The number of hydrogen-bond acceptors (Lipinski definition) is 12. The molecule has 360 valence electrons. The van der Waals surface area contributed by atoms with Crippen LogP contribution in [0.4, 0.5) is 38.2 Å². The lowest BCUT2D eigenvalue weighted by atomic mass is 9.72. The second-order valence-electron chi connectivity index (χ2n) is 18.8. The third-order valence-electron chi connectivity index (χ3n) is 11.3. The zero-order valence-electron chi connectivity index (χ0n) is 39.5. The smallest absolute Gasteiger partial charge is 0.408 e. The highest BCUT2D eigenvalue weighted by atomic mass is 35.5. The van der Waals surface area contributed by atoms with Gasteiger partial charge in [-0.2, -0.15) is 0 Å². The van der Waals surface area contributed by atoms with E-state index in [0.717, 1.165) is 66.5 Å². The summed E-state index contributed by atoms with van der Waals surface area (Å²) < 4.78 is 10.8. The van der Waals surface area contributed by atoms with Gasteiger partial charge in [0.2, 0.25) is 11.0 Å². The van der Waals surface area contributed by atoms with Gasteiger partial charge in [0, 0.05) is 34.6 Å². The van der Waals surface area contributed by atoms with Gasteiger partial charge >= 0.3 is 23.6 Å². The number of nitrogen functional groups attached to an aromatic ring is 1. The lowest BCUT2D eigenvalue weighted by Crippen LogP contribution is -2.52. The maximum Gasteiger partial charge on any atom is 0.408 e. The van der Waals surface area contributed by atoms with Crippen molar-refractivity contribution in [3.05, 3.63) is 170 Å². The molecule has 2 fully saturated rings. The molecule has 17 heteroatoms. The van der Waals surface area contributed by atoms with Gasteiger partial charge in [-0.25, -0.2) is 19.6 Å². The molecule has 4 aromatic carbocycles. The van der Waals surface area contributed by atoms with E-state index in [1.54, 1.807) is 12.1 Å². The third-order valence-corrected chi connectivity index (χ3v) is 11.6. The average molecular weight is 958 g/mol. The molecule has 0 spiro atoms. The SMILES string of the molecule is CC(C)(C)OC(=O)NC1(c2ccc(N)cc2)CCC1.CC(C)(C)OC(=O)NC1(c2ccc(Nc3nc(-c4ccccc4)ccc3[N+](=O)[O-])cc2)CCC1.O=[N+]([O-])c1ccc(-c2ccccc2)nc1Cl. The van der Waals surface area contributed by atoms with Crippen LogP contribution < -0.4 is 21.7 Å². The number of carbonyl (C=O) groups excluding carboxylic acids is 2. The zero-order valence-corrected chi connectivity index (χ0v) is 40.2. The summed E-state index contributed by atoms with van der Waals surface area (Å²) in [6.07, 6.45) is 4.86. The fourth-order valence-corrected chi connectivity index (χ4v) is 7.86. The predicted molar refractivity (Wildman–Crippen MR) is 268 cm³/mol. The highest BCUT2D eigenvalue weighted by Crippen LogP contribution is 2.43. The van der Waals surface area contributed by atoms with Gasteiger partial charge < -0.3 is 31.2 Å². The Morgan fingerprint density at radius 2 is 1.00 bits per heavy atom. The van der Waals surface area contributed by atoms with Gasteiger partial charge in [-0.05, 0) is 128 Å². The highest BCUT2D eigenvalue weighted by Gasteiger charge is 2.42. The number of nitrogens with two attached hydrogens (primary N) is 1. The van der Waals surface area contributed by atoms with Gasteiger partial charge in [-0.15, -0.1) is 0 Å². The predicted octanol–water partition coefficient (Wildman–Crippen LogP) is 12.8. The van der Waals surface area contributed by atoms with E-state index in [9.17, 15) is 29.8 Å². The quantitative estimate of drug-likeness (QED) is 0.0435. The molecule has 0 aliphatic heterocycles. The summed E-state index contributed by atoms with van der Waals surface area (Å²) in [6.45, 7) is 11.1. The van der Waals surface area contributed by atoms with Crippen LogP contribution in [0, 0.1) is 20.2 Å². The molecule has 2 aliphatic rings. The lowest BCUT2D eigenvalue weighted by Gasteiger charge is -2.43. The van der Waals surface area contributed by atoms with Crippen LogP contribution in [-0.4, -0.2) is 43.2 Å². The molecule has 0 radical (unpaired) electrons. The van der Waals surface area contributed by atoms with Gasteiger partial charge in [-0.3, -0.25) is 20.2 Å². The number of amides is 2. The summed E-state index contributed by atoms with van der Waals surface area (Å²) in [5.74, 6) is 0.171. The second kappa shape index (κ2) is 21.6. The number of rotatable bonds is 10. The maximum absolute atomic E-state index is 12.4. The summed E-state index contributed by atoms with van der Waals surface area (Å²) in [5.41, 5.74) is 10.1. The Labute approximate surface area is 406 Å². The molecule has 6 aromatic rings. The molecule has 2 amide bonds. The van der Waals surface area contributed by atoms with Crippen LogP contribution >= 0.6 is 11.6 Å². The molecular formula is C52H57ClN8O8. The summed E-state index contributed by atoms with van der Waals surface area (Å²) >= 11 is 5.72. The zero-order chi connectivity index (χ0) is 50.0. The van der Waals surface area contributed by atoms with E-state index in [0.29, 0.717) is 17.1 Å². The van der Waals surface area contributed by atoms with Gasteiger partial charge in [0.25, 0.3) is 0 Å². The number of benzene rings is 4. The van der Waals surface area contributed by atoms with Crippen LogP contribution in [0.15, 0.2) is 133 Å². The van der Waals surface area contributed by atoms with E-state index in [4.69, 9.17) is 26.8 Å². The molecule has 69 heavy (non-hydrogen) atoms. The summed E-state index contributed by atoms with van der Waals surface area (Å²) in [4.78, 5) is 53.9. The monoisotopic (exact) mass is 956 g/mol. The number of alkyl carbamates (subject to hydrolysis) is 2. The first-order chi connectivity index (χ1) is 32.6. The lowest BCUT2D eigenvalue weighted by molar-refractivity contribution is -0.385. The number of aromatic nitrogens is 2. The summed E-state index contributed by atoms with van der Waals surface area (Å²) in [6, 6.07) is 40.1. The minimum Gasteiger partial charge on any atom is -0.444 e.